The highest BCUT2D eigenvalue weighted by molar-refractivity contribution is 5.43. The van der Waals surface area contributed by atoms with Crippen molar-refractivity contribution in [3.05, 3.63) is 17.3 Å². The minimum absolute atomic E-state index is 0.298. The number of aryl methyl sites for hydroxylation is 1. The smallest absolute Gasteiger partial charge is 0.151 e. The third-order valence-corrected chi connectivity index (χ3v) is 3.94. The van der Waals surface area contributed by atoms with E-state index in [9.17, 15) is 0 Å². The van der Waals surface area contributed by atoms with Gasteiger partial charge in [0.25, 0.3) is 0 Å². The Hall–Kier alpha value is -1.16. The molecule has 4 nitrogen and oxygen atoms in total. The van der Waals surface area contributed by atoms with Crippen molar-refractivity contribution in [1.29, 1.82) is 0 Å². The van der Waals surface area contributed by atoms with Crippen LogP contribution in [0, 0.1) is 5.92 Å². The van der Waals surface area contributed by atoms with Crippen molar-refractivity contribution < 1.29 is 0 Å². The van der Waals surface area contributed by atoms with Gasteiger partial charge in [0.2, 0.25) is 0 Å². The molecule has 0 amide bonds. The van der Waals surface area contributed by atoms with Gasteiger partial charge in [-0.05, 0) is 43.2 Å². The molecule has 0 spiro atoms. The largest absolute Gasteiger partial charge is 0.354 e. The van der Waals surface area contributed by atoms with E-state index in [1.165, 1.54) is 17.7 Å². The molecule has 0 unspecified atom stereocenters. The molecule has 2 heterocycles. The second-order valence-corrected chi connectivity index (χ2v) is 5.52. The highest BCUT2D eigenvalue weighted by Crippen LogP contribution is 2.26. The average molecular weight is 232 g/mol. The standard InChI is InChI=1S/C13H20N4/c1-9-2-3-12-10(6-9)7-13(16-15-12)17-5-4-11(14)8-17/h7,9,11H,2-6,8,14H2,1H3/t9-,11-/m0/s1. The van der Waals surface area contributed by atoms with Crippen molar-refractivity contribution in [3.8, 4) is 0 Å². The van der Waals surface area contributed by atoms with Crippen molar-refractivity contribution in [3.63, 3.8) is 0 Å². The van der Waals surface area contributed by atoms with Gasteiger partial charge >= 0.3 is 0 Å². The fourth-order valence-electron chi connectivity index (χ4n) is 2.84. The van der Waals surface area contributed by atoms with Crippen molar-refractivity contribution in [2.75, 3.05) is 18.0 Å². The Morgan fingerprint density at radius 3 is 3.00 bits per heavy atom. The Kier molecular flexibility index (Phi) is 2.74. The predicted octanol–water partition coefficient (Wildman–Crippen LogP) is 1.14. The molecule has 1 aliphatic heterocycles. The number of hydrogen-bond acceptors (Lipinski definition) is 4. The zero-order valence-electron chi connectivity index (χ0n) is 10.4. The van der Waals surface area contributed by atoms with Crippen LogP contribution in [0.2, 0.25) is 0 Å². The summed E-state index contributed by atoms with van der Waals surface area (Å²) in [7, 11) is 0. The first kappa shape index (κ1) is 11.0. The van der Waals surface area contributed by atoms with Gasteiger partial charge in [-0.1, -0.05) is 6.92 Å². The Labute approximate surface area is 102 Å². The maximum atomic E-state index is 5.93. The number of nitrogens with zero attached hydrogens (tertiary/aromatic N) is 3. The molecule has 1 aromatic heterocycles. The number of aromatic nitrogens is 2. The van der Waals surface area contributed by atoms with Crippen LogP contribution in [0.1, 0.15) is 31.0 Å². The zero-order valence-corrected chi connectivity index (χ0v) is 10.4. The van der Waals surface area contributed by atoms with Gasteiger partial charge in [0.05, 0.1) is 5.69 Å². The van der Waals surface area contributed by atoms with Crippen LogP contribution >= 0.6 is 0 Å². The molecule has 0 saturated carbocycles. The van der Waals surface area contributed by atoms with Crippen LogP contribution in [0.4, 0.5) is 5.82 Å². The first-order chi connectivity index (χ1) is 8.22. The highest BCUT2D eigenvalue weighted by Gasteiger charge is 2.23. The first-order valence-electron chi connectivity index (χ1n) is 6.58. The summed E-state index contributed by atoms with van der Waals surface area (Å²) in [4.78, 5) is 2.26. The molecule has 1 aliphatic carbocycles. The second kappa shape index (κ2) is 4.26. The fraction of sp³-hybridized carbons (Fsp3) is 0.692. The summed E-state index contributed by atoms with van der Waals surface area (Å²) >= 11 is 0. The molecule has 2 aliphatic rings. The summed E-state index contributed by atoms with van der Waals surface area (Å²) in [6, 6.07) is 2.53. The Bertz CT molecular complexity index is 418. The monoisotopic (exact) mass is 232 g/mol. The van der Waals surface area contributed by atoms with Gasteiger partial charge in [-0.25, -0.2) is 0 Å². The van der Waals surface area contributed by atoms with E-state index in [2.05, 4.69) is 28.1 Å². The van der Waals surface area contributed by atoms with Gasteiger partial charge in [-0.15, -0.1) is 5.10 Å². The molecule has 0 aromatic carbocycles. The zero-order chi connectivity index (χ0) is 11.8. The molecule has 4 heteroatoms. The molecule has 1 aromatic rings. The number of fused-ring (bicyclic) bond motifs is 1. The SMILES string of the molecule is C[C@H]1CCc2nnc(N3CC[C@H](N)C3)cc2C1. The molecule has 1 fully saturated rings. The van der Waals surface area contributed by atoms with Crippen LogP contribution in [0.3, 0.4) is 0 Å². The third-order valence-electron chi connectivity index (χ3n) is 3.94. The van der Waals surface area contributed by atoms with Crippen LogP contribution in [0.15, 0.2) is 6.07 Å². The fourth-order valence-corrected chi connectivity index (χ4v) is 2.84. The van der Waals surface area contributed by atoms with Crippen molar-refractivity contribution in [2.45, 2.75) is 38.6 Å². The van der Waals surface area contributed by atoms with E-state index < -0.39 is 0 Å². The summed E-state index contributed by atoms with van der Waals surface area (Å²) in [6.45, 7) is 4.25. The molecule has 1 saturated heterocycles. The van der Waals surface area contributed by atoms with Gasteiger partial charge in [-0.3, -0.25) is 0 Å². The molecule has 0 bridgehead atoms. The Balaban J connectivity index is 1.85. The summed E-state index contributed by atoms with van der Waals surface area (Å²) in [5.74, 6) is 1.80. The lowest BCUT2D eigenvalue weighted by molar-refractivity contribution is 0.490. The molecular weight excluding hydrogens is 212 g/mol. The minimum atomic E-state index is 0.298. The summed E-state index contributed by atoms with van der Waals surface area (Å²) < 4.78 is 0. The van der Waals surface area contributed by atoms with Gasteiger partial charge in [0.1, 0.15) is 0 Å². The van der Waals surface area contributed by atoms with Gasteiger partial charge in [-0.2, -0.15) is 5.10 Å². The first-order valence-corrected chi connectivity index (χ1v) is 6.58. The lowest BCUT2D eigenvalue weighted by atomic mass is 9.88. The van der Waals surface area contributed by atoms with Crippen LogP contribution in [-0.4, -0.2) is 29.3 Å². The van der Waals surface area contributed by atoms with E-state index in [0.29, 0.717) is 6.04 Å². The lowest BCUT2D eigenvalue weighted by Crippen LogP contribution is -2.27. The molecule has 92 valence electrons. The van der Waals surface area contributed by atoms with Crippen LogP contribution < -0.4 is 10.6 Å². The van der Waals surface area contributed by atoms with E-state index >= 15 is 0 Å². The topological polar surface area (TPSA) is 55.0 Å². The average Bonchev–Trinajstić information content (AvgIpc) is 2.75. The van der Waals surface area contributed by atoms with E-state index in [1.54, 1.807) is 0 Å². The normalized spacial score (nSPS) is 28.2. The summed E-state index contributed by atoms with van der Waals surface area (Å²) in [5, 5.41) is 8.74. The van der Waals surface area contributed by atoms with Crippen LogP contribution in [0.5, 0.6) is 0 Å². The second-order valence-electron chi connectivity index (χ2n) is 5.52. The van der Waals surface area contributed by atoms with Crippen molar-refractivity contribution >= 4 is 5.82 Å². The number of nitrogens with two attached hydrogens (primary N) is 1. The lowest BCUT2D eigenvalue weighted by Gasteiger charge is -2.23. The van der Waals surface area contributed by atoms with Gasteiger partial charge < -0.3 is 10.6 Å². The maximum absolute atomic E-state index is 5.93. The predicted molar refractivity (Wildman–Crippen MR) is 68.0 cm³/mol. The molecule has 2 N–H and O–H groups in total. The summed E-state index contributed by atoms with van der Waals surface area (Å²) in [6.07, 6.45) is 4.55. The van der Waals surface area contributed by atoms with Crippen molar-refractivity contribution in [1.82, 2.24) is 10.2 Å². The van der Waals surface area contributed by atoms with Gasteiger partial charge in [0.15, 0.2) is 5.82 Å². The quantitative estimate of drug-likeness (QED) is 0.789. The molecule has 17 heavy (non-hydrogen) atoms. The van der Waals surface area contributed by atoms with E-state index in [4.69, 9.17) is 5.73 Å². The Morgan fingerprint density at radius 1 is 1.35 bits per heavy atom. The molecular formula is C13H20N4. The van der Waals surface area contributed by atoms with E-state index in [1.807, 2.05) is 0 Å². The van der Waals surface area contributed by atoms with E-state index in [0.717, 1.165) is 44.1 Å². The van der Waals surface area contributed by atoms with E-state index in [-0.39, 0.29) is 0 Å². The molecule has 0 radical (unpaired) electrons. The maximum Gasteiger partial charge on any atom is 0.151 e. The van der Waals surface area contributed by atoms with Crippen molar-refractivity contribution in [2.24, 2.45) is 11.7 Å². The van der Waals surface area contributed by atoms with Crippen LogP contribution in [-0.2, 0) is 12.8 Å². The van der Waals surface area contributed by atoms with Crippen LogP contribution in [0.25, 0.3) is 0 Å². The molecule has 2 atom stereocenters. The Morgan fingerprint density at radius 2 is 2.24 bits per heavy atom. The number of rotatable bonds is 1. The number of hydrogen-bond donors (Lipinski definition) is 1. The minimum Gasteiger partial charge on any atom is -0.354 e. The number of anilines is 1. The highest BCUT2D eigenvalue weighted by atomic mass is 15.3. The summed E-state index contributed by atoms with van der Waals surface area (Å²) in [5.41, 5.74) is 8.53. The molecule has 3 rings (SSSR count). The third kappa shape index (κ3) is 2.14. The van der Waals surface area contributed by atoms with Gasteiger partial charge in [0, 0.05) is 19.1 Å².